The van der Waals surface area contributed by atoms with E-state index in [0.29, 0.717) is 6.04 Å². The maximum absolute atomic E-state index is 11.4. The van der Waals surface area contributed by atoms with Gasteiger partial charge in [-0.1, -0.05) is 13.3 Å². The van der Waals surface area contributed by atoms with Crippen molar-refractivity contribution in [2.75, 3.05) is 21.1 Å². The first-order chi connectivity index (χ1) is 5.50. The average molecular weight is 172 g/mol. The lowest BCUT2D eigenvalue weighted by Crippen LogP contribution is -2.41. The Labute approximate surface area is 75.3 Å². The summed E-state index contributed by atoms with van der Waals surface area (Å²) in [5.74, 6) is 0. The molecule has 72 valence electrons. The summed E-state index contributed by atoms with van der Waals surface area (Å²) in [6.45, 7) is 4.20. The standard InChI is InChI=1S/C9H20N2O/c1-6-7-8(2)11(5)9(12)10(3)4/h8H,6-7H2,1-5H3. The Morgan fingerprint density at radius 1 is 1.33 bits per heavy atom. The number of hydrogen-bond acceptors (Lipinski definition) is 1. The molecule has 0 rings (SSSR count). The first-order valence-electron chi connectivity index (χ1n) is 4.44. The van der Waals surface area contributed by atoms with Crippen LogP contribution in [0.1, 0.15) is 26.7 Å². The fourth-order valence-corrected chi connectivity index (χ4v) is 1.12. The summed E-state index contributed by atoms with van der Waals surface area (Å²) in [7, 11) is 5.40. The van der Waals surface area contributed by atoms with E-state index in [9.17, 15) is 4.79 Å². The Morgan fingerprint density at radius 3 is 2.17 bits per heavy atom. The minimum absolute atomic E-state index is 0.0796. The van der Waals surface area contributed by atoms with Crippen LogP contribution in [0.3, 0.4) is 0 Å². The maximum atomic E-state index is 11.4. The van der Waals surface area contributed by atoms with Crippen molar-refractivity contribution < 1.29 is 4.79 Å². The van der Waals surface area contributed by atoms with Gasteiger partial charge in [0.2, 0.25) is 0 Å². The van der Waals surface area contributed by atoms with Gasteiger partial charge in [-0.3, -0.25) is 0 Å². The lowest BCUT2D eigenvalue weighted by molar-refractivity contribution is 0.165. The van der Waals surface area contributed by atoms with E-state index >= 15 is 0 Å². The molecule has 3 heteroatoms. The van der Waals surface area contributed by atoms with Crippen molar-refractivity contribution in [1.29, 1.82) is 0 Å². The van der Waals surface area contributed by atoms with E-state index < -0.39 is 0 Å². The quantitative estimate of drug-likeness (QED) is 0.636. The highest BCUT2D eigenvalue weighted by molar-refractivity contribution is 5.73. The number of nitrogens with zero attached hydrogens (tertiary/aromatic N) is 2. The third-order valence-electron chi connectivity index (χ3n) is 2.05. The molecule has 0 fully saturated rings. The van der Waals surface area contributed by atoms with Gasteiger partial charge in [-0.25, -0.2) is 4.79 Å². The van der Waals surface area contributed by atoms with Crippen LogP contribution in [0, 0.1) is 0 Å². The Balaban J connectivity index is 4.00. The number of hydrogen-bond donors (Lipinski definition) is 0. The summed E-state index contributed by atoms with van der Waals surface area (Å²) in [6.07, 6.45) is 2.18. The van der Waals surface area contributed by atoms with Crippen molar-refractivity contribution in [3.8, 4) is 0 Å². The smallest absolute Gasteiger partial charge is 0.319 e. The summed E-state index contributed by atoms with van der Waals surface area (Å²) in [4.78, 5) is 14.8. The largest absolute Gasteiger partial charge is 0.331 e. The molecule has 0 aliphatic carbocycles. The lowest BCUT2D eigenvalue weighted by Gasteiger charge is -2.27. The van der Waals surface area contributed by atoms with Crippen LogP contribution in [0.15, 0.2) is 0 Å². The van der Waals surface area contributed by atoms with Gasteiger partial charge in [0.25, 0.3) is 0 Å². The van der Waals surface area contributed by atoms with Crippen molar-refractivity contribution >= 4 is 6.03 Å². The molecule has 0 aliphatic rings. The van der Waals surface area contributed by atoms with Gasteiger partial charge in [-0.15, -0.1) is 0 Å². The molecule has 0 radical (unpaired) electrons. The van der Waals surface area contributed by atoms with E-state index in [-0.39, 0.29) is 6.03 Å². The van der Waals surface area contributed by atoms with Crippen LogP contribution in [0.25, 0.3) is 0 Å². The molecule has 0 saturated heterocycles. The molecule has 0 spiro atoms. The van der Waals surface area contributed by atoms with Gasteiger partial charge in [0.15, 0.2) is 0 Å². The first kappa shape index (κ1) is 11.3. The van der Waals surface area contributed by atoms with Crippen LogP contribution in [-0.4, -0.2) is 43.0 Å². The fourth-order valence-electron chi connectivity index (χ4n) is 1.12. The highest BCUT2D eigenvalue weighted by Crippen LogP contribution is 2.05. The van der Waals surface area contributed by atoms with Gasteiger partial charge in [0, 0.05) is 27.2 Å². The minimum Gasteiger partial charge on any atom is -0.331 e. The van der Waals surface area contributed by atoms with E-state index in [4.69, 9.17) is 0 Å². The van der Waals surface area contributed by atoms with E-state index in [1.165, 1.54) is 0 Å². The van der Waals surface area contributed by atoms with Crippen LogP contribution >= 0.6 is 0 Å². The highest BCUT2D eigenvalue weighted by Gasteiger charge is 2.15. The SMILES string of the molecule is CCCC(C)N(C)C(=O)N(C)C. The predicted molar refractivity (Wildman–Crippen MR) is 51.2 cm³/mol. The summed E-state index contributed by atoms with van der Waals surface area (Å²) in [5, 5.41) is 0. The van der Waals surface area contributed by atoms with Crippen molar-refractivity contribution in [2.24, 2.45) is 0 Å². The minimum atomic E-state index is 0.0796. The number of carbonyl (C=O) groups excluding carboxylic acids is 1. The van der Waals surface area contributed by atoms with Crippen molar-refractivity contribution in [3.05, 3.63) is 0 Å². The average Bonchev–Trinajstić information content (AvgIpc) is 2.02. The van der Waals surface area contributed by atoms with E-state index in [0.717, 1.165) is 12.8 Å². The number of rotatable bonds is 3. The second-order valence-corrected chi connectivity index (χ2v) is 3.43. The zero-order valence-electron chi connectivity index (χ0n) is 8.79. The molecule has 1 atom stereocenters. The predicted octanol–water partition coefficient (Wildman–Crippen LogP) is 1.79. The molecule has 0 aromatic rings. The fraction of sp³-hybridized carbons (Fsp3) is 0.889. The topological polar surface area (TPSA) is 23.6 Å². The summed E-state index contributed by atoms with van der Waals surface area (Å²) < 4.78 is 0. The Bertz CT molecular complexity index is 145. The van der Waals surface area contributed by atoms with Crippen LogP contribution in [0.4, 0.5) is 4.79 Å². The molecule has 12 heavy (non-hydrogen) atoms. The van der Waals surface area contributed by atoms with Gasteiger partial charge >= 0.3 is 6.03 Å². The zero-order valence-corrected chi connectivity index (χ0v) is 8.79. The number of urea groups is 1. The van der Waals surface area contributed by atoms with Crippen LogP contribution in [-0.2, 0) is 0 Å². The van der Waals surface area contributed by atoms with Gasteiger partial charge in [0.05, 0.1) is 0 Å². The second-order valence-electron chi connectivity index (χ2n) is 3.43. The van der Waals surface area contributed by atoms with Crippen LogP contribution in [0.2, 0.25) is 0 Å². The van der Waals surface area contributed by atoms with E-state index in [1.807, 2.05) is 7.05 Å². The first-order valence-corrected chi connectivity index (χ1v) is 4.44. The lowest BCUT2D eigenvalue weighted by atomic mass is 10.2. The van der Waals surface area contributed by atoms with Gasteiger partial charge < -0.3 is 9.80 Å². The number of amides is 2. The second kappa shape index (κ2) is 5.01. The normalized spacial score (nSPS) is 12.4. The van der Waals surface area contributed by atoms with E-state index in [1.54, 1.807) is 23.9 Å². The molecule has 0 aromatic carbocycles. The Kier molecular flexibility index (Phi) is 4.71. The number of carbonyl (C=O) groups is 1. The molecular formula is C9H20N2O. The molecule has 0 bridgehead atoms. The summed E-state index contributed by atoms with van der Waals surface area (Å²) >= 11 is 0. The van der Waals surface area contributed by atoms with Crippen molar-refractivity contribution in [2.45, 2.75) is 32.7 Å². The molecule has 0 aromatic heterocycles. The van der Waals surface area contributed by atoms with Gasteiger partial charge in [0.1, 0.15) is 0 Å². The molecular weight excluding hydrogens is 152 g/mol. The maximum Gasteiger partial charge on any atom is 0.319 e. The molecule has 0 saturated carbocycles. The van der Waals surface area contributed by atoms with Gasteiger partial charge in [-0.2, -0.15) is 0 Å². The van der Waals surface area contributed by atoms with Gasteiger partial charge in [-0.05, 0) is 13.3 Å². The molecule has 0 heterocycles. The summed E-state index contributed by atoms with van der Waals surface area (Å²) in [6, 6.07) is 0.417. The molecule has 2 amide bonds. The van der Waals surface area contributed by atoms with Crippen LogP contribution in [0.5, 0.6) is 0 Å². The molecule has 0 N–H and O–H groups in total. The van der Waals surface area contributed by atoms with Crippen LogP contribution < -0.4 is 0 Å². The molecule has 1 unspecified atom stereocenters. The zero-order chi connectivity index (χ0) is 9.72. The Morgan fingerprint density at radius 2 is 1.83 bits per heavy atom. The summed E-state index contributed by atoms with van der Waals surface area (Å²) in [5.41, 5.74) is 0. The van der Waals surface area contributed by atoms with E-state index in [2.05, 4.69) is 13.8 Å². The Hall–Kier alpha value is -0.730. The third kappa shape index (κ3) is 3.11. The monoisotopic (exact) mass is 172 g/mol. The van der Waals surface area contributed by atoms with Crippen molar-refractivity contribution in [3.63, 3.8) is 0 Å². The molecule has 0 aliphatic heterocycles. The highest BCUT2D eigenvalue weighted by atomic mass is 16.2. The third-order valence-corrected chi connectivity index (χ3v) is 2.05. The molecule has 3 nitrogen and oxygen atoms in total. The van der Waals surface area contributed by atoms with Crippen molar-refractivity contribution in [1.82, 2.24) is 9.80 Å².